The number of hydrogen-bond acceptors (Lipinski definition) is 0. The number of rotatable bonds is 0. The summed E-state index contributed by atoms with van der Waals surface area (Å²) in [4.78, 5) is 0. The molecule has 0 amide bonds. The van der Waals surface area contributed by atoms with Crippen molar-refractivity contribution in [2.24, 2.45) is 0 Å². The summed E-state index contributed by atoms with van der Waals surface area (Å²) in [6, 6.07) is 0. The van der Waals surface area contributed by atoms with Gasteiger partial charge in [0.2, 0.25) is 0 Å². The Labute approximate surface area is 52.5 Å². The largest absolute Gasteiger partial charge is 0.410 e. The van der Waals surface area contributed by atoms with Crippen molar-refractivity contribution in [2.75, 3.05) is 0 Å². The van der Waals surface area contributed by atoms with Crippen molar-refractivity contribution in [1.82, 2.24) is 0 Å². The SMILES string of the molecule is FC(F)(F)/C=[C]/I. The highest BCUT2D eigenvalue weighted by molar-refractivity contribution is 14.1. The minimum absolute atomic E-state index is 0.0492. The summed E-state index contributed by atoms with van der Waals surface area (Å²) in [6.45, 7) is 0. The maximum absolute atomic E-state index is 10.9. The van der Waals surface area contributed by atoms with Gasteiger partial charge in [0.15, 0.2) is 0 Å². The van der Waals surface area contributed by atoms with E-state index in [0.29, 0.717) is 0 Å². The van der Waals surface area contributed by atoms with Crippen molar-refractivity contribution in [3.8, 4) is 0 Å². The van der Waals surface area contributed by atoms with E-state index in [4.69, 9.17) is 0 Å². The van der Waals surface area contributed by atoms with E-state index in [1.165, 1.54) is 22.6 Å². The zero-order chi connectivity index (χ0) is 5.91. The first-order chi connectivity index (χ1) is 3.06. The lowest BCUT2D eigenvalue weighted by molar-refractivity contribution is -0.0798. The number of hydrogen-bond donors (Lipinski definition) is 0. The van der Waals surface area contributed by atoms with Crippen LogP contribution in [0, 0.1) is 4.08 Å². The highest BCUT2D eigenvalue weighted by Gasteiger charge is 2.21. The Bertz CT molecular complexity index is 72.7. The predicted molar refractivity (Wildman–Crippen MR) is 27.9 cm³/mol. The molecular formula is C3HF3I. The zero-order valence-corrected chi connectivity index (χ0v) is 5.25. The van der Waals surface area contributed by atoms with E-state index in [0.717, 1.165) is 0 Å². The molecule has 0 aliphatic heterocycles. The second-order valence-corrected chi connectivity index (χ2v) is 1.42. The topological polar surface area (TPSA) is 0 Å². The summed E-state index contributed by atoms with van der Waals surface area (Å²) < 4.78 is 34.6. The first-order valence-corrected chi connectivity index (χ1v) is 2.41. The van der Waals surface area contributed by atoms with E-state index in [-0.39, 0.29) is 6.08 Å². The molecule has 0 aromatic carbocycles. The number of alkyl halides is 3. The number of halogens is 4. The molecule has 0 aromatic rings. The molecule has 7 heavy (non-hydrogen) atoms. The summed E-state index contributed by atoms with van der Waals surface area (Å²) in [5.41, 5.74) is 0. The monoisotopic (exact) mass is 221 g/mol. The first kappa shape index (κ1) is 7.26. The van der Waals surface area contributed by atoms with Gasteiger partial charge in [-0.2, -0.15) is 13.2 Å². The fraction of sp³-hybridized carbons (Fsp3) is 0.333. The maximum Gasteiger partial charge on any atom is 0.410 e. The molecule has 0 saturated heterocycles. The van der Waals surface area contributed by atoms with Gasteiger partial charge in [-0.15, -0.1) is 0 Å². The van der Waals surface area contributed by atoms with Crippen LogP contribution in [0.1, 0.15) is 0 Å². The predicted octanol–water partition coefficient (Wildman–Crippen LogP) is 2.30. The average molecular weight is 221 g/mol. The third-order valence-corrected chi connectivity index (χ3v) is 0.530. The van der Waals surface area contributed by atoms with Gasteiger partial charge in [-0.25, -0.2) is 0 Å². The smallest absolute Gasteiger partial charge is 0.167 e. The summed E-state index contributed by atoms with van der Waals surface area (Å²) in [5, 5.41) is 0. The van der Waals surface area contributed by atoms with Gasteiger partial charge in [-0.05, 0) is 22.6 Å². The van der Waals surface area contributed by atoms with Crippen LogP contribution < -0.4 is 0 Å². The molecule has 0 atom stereocenters. The Hall–Kier alpha value is 0.260. The third kappa shape index (κ3) is 6.26. The van der Waals surface area contributed by atoms with Crippen molar-refractivity contribution < 1.29 is 13.2 Å². The van der Waals surface area contributed by atoms with Gasteiger partial charge < -0.3 is 0 Å². The van der Waals surface area contributed by atoms with Crippen LogP contribution in [-0.4, -0.2) is 6.18 Å². The van der Waals surface area contributed by atoms with Crippen molar-refractivity contribution >= 4 is 22.6 Å². The third-order valence-electron chi connectivity index (χ3n) is 0.218. The Morgan fingerprint density at radius 3 is 1.86 bits per heavy atom. The normalized spacial score (nSPS) is 13.1. The fourth-order valence-electron chi connectivity index (χ4n) is 0.0619. The summed E-state index contributed by atoms with van der Waals surface area (Å²) in [5.74, 6) is 0. The van der Waals surface area contributed by atoms with Crippen LogP contribution >= 0.6 is 22.6 Å². The van der Waals surface area contributed by atoms with Crippen LogP contribution in [0.4, 0.5) is 13.2 Å². The second kappa shape index (κ2) is 2.54. The Morgan fingerprint density at radius 1 is 1.43 bits per heavy atom. The minimum atomic E-state index is -4.19. The number of allylic oxidation sites excluding steroid dienone is 1. The molecule has 0 nitrogen and oxygen atoms in total. The average Bonchev–Trinajstić information content (AvgIpc) is 1.30. The Kier molecular flexibility index (Phi) is 2.63. The fourth-order valence-corrected chi connectivity index (χ4v) is 0.415. The van der Waals surface area contributed by atoms with Gasteiger partial charge in [0.1, 0.15) is 0 Å². The molecule has 0 aromatic heterocycles. The first-order valence-electron chi connectivity index (χ1n) is 1.33. The van der Waals surface area contributed by atoms with Crippen LogP contribution in [0.25, 0.3) is 0 Å². The van der Waals surface area contributed by atoms with Gasteiger partial charge in [0.05, 0.1) is 0 Å². The van der Waals surface area contributed by atoms with E-state index in [1.807, 2.05) is 4.08 Å². The molecule has 0 aliphatic carbocycles. The van der Waals surface area contributed by atoms with Crippen molar-refractivity contribution in [3.05, 3.63) is 10.2 Å². The highest BCUT2D eigenvalue weighted by atomic mass is 127. The van der Waals surface area contributed by atoms with Crippen LogP contribution in [0.2, 0.25) is 0 Å². The van der Waals surface area contributed by atoms with Gasteiger partial charge in [-0.3, -0.25) is 0 Å². The lowest BCUT2D eigenvalue weighted by atomic mass is 10.6. The van der Waals surface area contributed by atoms with Crippen LogP contribution in [-0.2, 0) is 0 Å². The zero-order valence-electron chi connectivity index (χ0n) is 3.09. The van der Waals surface area contributed by atoms with Crippen molar-refractivity contribution in [1.29, 1.82) is 0 Å². The van der Waals surface area contributed by atoms with Crippen LogP contribution in [0.15, 0.2) is 6.08 Å². The second-order valence-electron chi connectivity index (χ2n) is 0.795. The Balaban J connectivity index is 3.56. The maximum atomic E-state index is 10.9. The van der Waals surface area contributed by atoms with Crippen molar-refractivity contribution in [2.45, 2.75) is 6.18 Å². The molecule has 41 valence electrons. The van der Waals surface area contributed by atoms with E-state index in [1.54, 1.807) is 0 Å². The molecule has 4 heteroatoms. The molecule has 0 spiro atoms. The van der Waals surface area contributed by atoms with Crippen LogP contribution in [0.5, 0.6) is 0 Å². The van der Waals surface area contributed by atoms with Gasteiger partial charge in [0, 0.05) is 10.2 Å². The molecule has 1 radical (unpaired) electrons. The molecular weight excluding hydrogens is 220 g/mol. The summed E-state index contributed by atoms with van der Waals surface area (Å²) >= 11 is 1.39. The quantitative estimate of drug-likeness (QED) is 0.550. The van der Waals surface area contributed by atoms with Gasteiger partial charge >= 0.3 is 6.18 Å². The highest BCUT2D eigenvalue weighted by Crippen LogP contribution is 2.15. The lowest BCUT2D eigenvalue weighted by Crippen LogP contribution is -1.99. The molecule has 0 bridgehead atoms. The minimum Gasteiger partial charge on any atom is -0.167 e. The molecule has 0 rings (SSSR count). The standard InChI is InChI=1S/C3HF3I/c4-3(5,6)1-2-7/h1H. The molecule has 0 saturated carbocycles. The summed E-state index contributed by atoms with van der Waals surface area (Å²) in [7, 11) is 0. The van der Waals surface area contributed by atoms with Crippen LogP contribution in [0.3, 0.4) is 0 Å². The van der Waals surface area contributed by atoms with E-state index in [2.05, 4.69) is 0 Å². The molecule has 0 unspecified atom stereocenters. The molecule has 0 aliphatic rings. The molecule has 0 N–H and O–H groups in total. The molecule has 0 heterocycles. The van der Waals surface area contributed by atoms with Crippen molar-refractivity contribution in [3.63, 3.8) is 0 Å². The lowest BCUT2D eigenvalue weighted by Gasteiger charge is -1.92. The molecule has 0 fully saturated rings. The van der Waals surface area contributed by atoms with E-state index in [9.17, 15) is 13.2 Å². The van der Waals surface area contributed by atoms with E-state index < -0.39 is 6.18 Å². The van der Waals surface area contributed by atoms with E-state index >= 15 is 0 Å². The Morgan fingerprint density at radius 2 is 1.86 bits per heavy atom. The van der Waals surface area contributed by atoms with Gasteiger partial charge in [0.25, 0.3) is 0 Å². The van der Waals surface area contributed by atoms with Gasteiger partial charge in [-0.1, -0.05) is 0 Å². The summed E-state index contributed by atoms with van der Waals surface area (Å²) in [6.07, 6.45) is -4.14.